The predicted octanol–water partition coefficient (Wildman–Crippen LogP) is 9.04. The first-order valence-electron chi connectivity index (χ1n) is 13.9. The van der Waals surface area contributed by atoms with Gasteiger partial charge in [-0.3, -0.25) is 0 Å². The minimum absolute atomic E-state index is 0.160. The van der Waals surface area contributed by atoms with Crippen molar-refractivity contribution in [1.29, 1.82) is 0 Å². The Kier molecular flexibility index (Phi) is 8.21. The molecule has 0 amide bonds. The molecule has 0 aliphatic carbocycles. The minimum atomic E-state index is -0.462. The third kappa shape index (κ3) is 5.68. The quantitative estimate of drug-likeness (QED) is 0.0786. The Morgan fingerprint density at radius 3 is 2.19 bits per heavy atom. The zero-order valence-electron chi connectivity index (χ0n) is 24.1. The molecule has 0 saturated carbocycles. The van der Waals surface area contributed by atoms with Crippen molar-refractivity contribution in [3.63, 3.8) is 0 Å². The van der Waals surface area contributed by atoms with E-state index in [4.69, 9.17) is 9.47 Å². The summed E-state index contributed by atoms with van der Waals surface area (Å²) in [5.74, 6) is -0.479. The maximum absolute atomic E-state index is 12.1. The number of fused-ring (bicyclic) bond motifs is 3. The number of carbonyl (C=O) groups excluding carboxylic acids is 2. The van der Waals surface area contributed by atoms with E-state index in [2.05, 4.69) is 74.4 Å². The average molecular weight is 556 g/mol. The van der Waals surface area contributed by atoms with Gasteiger partial charge in [-0.2, -0.15) is 0 Å². The van der Waals surface area contributed by atoms with Gasteiger partial charge >= 0.3 is 11.9 Å². The lowest BCUT2D eigenvalue weighted by atomic mass is 9.92. The summed E-state index contributed by atoms with van der Waals surface area (Å²) in [5, 5.41) is 4.85. The zero-order valence-corrected chi connectivity index (χ0v) is 24.1. The molecular weight excluding hydrogens is 522 g/mol. The molecule has 5 aromatic rings. The van der Waals surface area contributed by atoms with Crippen LogP contribution >= 0.6 is 0 Å². The van der Waals surface area contributed by atoms with Crippen molar-refractivity contribution < 1.29 is 19.1 Å². The second-order valence-electron chi connectivity index (χ2n) is 10.2. The van der Waals surface area contributed by atoms with Gasteiger partial charge in [0.25, 0.3) is 0 Å². The van der Waals surface area contributed by atoms with Crippen molar-refractivity contribution >= 4 is 50.5 Å². The first kappa shape index (κ1) is 28.4. The lowest BCUT2D eigenvalue weighted by Crippen LogP contribution is -2.12. The van der Waals surface area contributed by atoms with Crippen LogP contribution in [0.3, 0.4) is 0 Å². The Hall–Kier alpha value is -5.16. The third-order valence-electron chi connectivity index (χ3n) is 7.31. The van der Waals surface area contributed by atoms with Crippen LogP contribution in [0, 0.1) is 6.92 Å². The van der Waals surface area contributed by atoms with E-state index >= 15 is 0 Å². The van der Waals surface area contributed by atoms with Crippen molar-refractivity contribution in [3.05, 3.63) is 132 Å². The normalized spacial score (nSPS) is 10.8. The lowest BCUT2D eigenvalue weighted by Gasteiger charge is -2.28. The summed E-state index contributed by atoms with van der Waals surface area (Å²) in [6.07, 6.45) is 2.06. The SMILES string of the molecule is C=CC(=O)OCc1ccc(N(c2ccc(OC(=O)C(=C)C)cc2)c2ccc(CC)c3c2ccc2cccc(C)c23)cc1. The van der Waals surface area contributed by atoms with Crippen molar-refractivity contribution in [2.45, 2.75) is 33.8 Å². The largest absolute Gasteiger partial charge is 0.458 e. The Bertz CT molecular complexity index is 1820. The summed E-state index contributed by atoms with van der Waals surface area (Å²) in [6, 6.07) is 30.5. The van der Waals surface area contributed by atoms with E-state index in [1.807, 2.05) is 36.4 Å². The Balaban J connectivity index is 1.67. The highest BCUT2D eigenvalue weighted by molar-refractivity contribution is 6.15. The number of nitrogens with zero attached hydrogens (tertiary/aromatic N) is 1. The molecule has 0 unspecified atom stereocenters. The molecule has 0 aliphatic heterocycles. The van der Waals surface area contributed by atoms with Crippen molar-refractivity contribution in [1.82, 2.24) is 0 Å². The van der Waals surface area contributed by atoms with E-state index in [-0.39, 0.29) is 6.61 Å². The minimum Gasteiger partial charge on any atom is -0.458 e. The van der Waals surface area contributed by atoms with Crippen LogP contribution in [-0.4, -0.2) is 11.9 Å². The monoisotopic (exact) mass is 555 g/mol. The molecule has 5 rings (SSSR count). The average Bonchev–Trinajstić information content (AvgIpc) is 3.01. The molecule has 5 aromatic carbocycles. The highest BCUT2D eigenvalue weighted by Crippen LogP contribution is 2.43. The predicted molar refractivity (Wildman–Crippen MR) is 171 cm³/mol. The summed E-state index contributed by atoms with van der Waals surface area (Å²) in [4.78, 5) is 25.9. The van der Waals surface area contributed by atoms with Gasteiger partial charge < -0.3 is 14.4 Å². The number of ether oxygens (including phenoxy) is 2. The van der Waals surface area contributed by atoms with Gasteiger partial charge in [0.1, 0.15) is 12.4 Å². The molecule has 0 aliphatic rings. The van der Waals surface area contributed by atoms with E-state index < -0.39 is 11.9 Å². The highest BCUT2D eigenvalue weighted by atomic mass is 16.5. The van der Waals surface area contributed by atoms with Crippen molar-refractivity contribution in [2.24, 2.45) is 0 Å². The van der Waals surface area contributed by atoms with Crippen LogP contribution in [0.5, 0.6) is 5.75 Å². The number of rotatable bonds is 9. The van der Waals surface area contributed by atoms with Crippen molar-refractivity contribution in [3.8, 4) is 5.75 Å². The zero-order chi connectivity index (χ0) is 29.8. The van der Waals surface area contributed by atoms with Crippen LogP contribution in [0.4, 0.5) is 17.1 Å². The summed E-state index contributed by atoms with van der Waals surface area (Å²) < 4.78 is 10.7. The summed E-state index contributed by atoms with van der Waals surface area (Å²) >= 11 is 0. The Morgan fingerprint density at radius 2 is 1.55 bits per heavy atom. The fraction of sp³-hybridized carbons (Fsp3) is 0.135. The molecule has 0 fully saturated rings. The Morgan fingerprint density at radius 1 is 0.857 bits per heavy atom. The van der Waals surface area contributed by atoms with E-state index in [9.17, 15) is 9.59 Å². The molecule has 0 saturated heterocycles. The maximum atomic E-state index is 12.1. The van der Waals surface area contributed by atoms with E-state index in [0.717, 1.165) is 40.5 Å². The second-order valence-corrected chi connectivity index (χ2v) is 10.2. The van der Waals surface area contributed by atoms with Crippen LogP contribution in [0.25, 0.3) is 21.5 Å². The maximum Gasteiger partial charge on any atom is 0.338 e. The number of anilines is 3. The van der Waals surface area contributed by atoms with E-state index in [1.54, 1.807) is 19.1 Å². The molecular formula is C37H33NO4. The van der Waals surface area contributed by atoms with Gasteiger partial charge in [0, 0.05) is 28.4 Å². The fourth-order valence-corrected chi connectivity index (χ4v) is 5.19. The van der Waals surface area contributed by atoms with Crippen molar-refractivity contribution in [2.75, 3.05) is 4.90 Å². The smallest absolute Gasteiger partial charge is 0.338 e. The molecule has 0 bridgehead atoms. The van der Waals surface area contributed by atoms with E-state index in [0.29, 0.717) is 11.3 Å². The number of esters is 2. The lowest BCUT2D eigenvalue weighted by molar-refractivity contribution is -0.139. The van der Waals surface area contributed by atoms with Gasteiger partial charge in [0.15, 0.2) is 0 Å². The molecule has 0 radical (unpaired) electrons. The molecule has 210 valence electrons. The van der Waals surface area contributed by atoms with Crippen LogP contribution in [0.2, 0.25) is 0 Å². The van der Waals surface area contributed by atoms with Gasteiger partial charge in [-0.25, -0.2) is 9.59 Å². The molecule has 42 heavy (non-hydrogen) atoms. The van der Waals surface area contributed by atoms with Gasteiger partial charge in [-0.05, 0) is 95.6 Å². The first-order chi connectivity index (χ1) is 20.3. The first-order valence-corrected chi connectivity index (χ1v) is 13.9. The summed E-state index contributed by atoms with van der Waals surface area (Å²) in [7, 11) is 0. The molecule has 5 nitrogen and oxygen atoms in total. The molecule has 5 heteroatoms. The van der Waals surface area contributed by atoms with E-state index in [1.165, 1.54) is 27.3 Å². The second kappa shape index (κ2) is 12.1. The third-order valence-corrected chi connectivity index (χ3v) is 7.31. The number of aryl methyl sites for hydroxylation is 2. The molecule has 0 atom stereocenters. The number of carbonyl (C=O) groups is 2. The van der Waals surface area contributed by atoms with Crippen LogP contribution in [-0.2, 0) is 27.4 Å². The van der Waals surface area contributed by atoms with Crippen LogP contribution in [0.15, 0.2) is 116 Å². The van der Waals surface area contributed by atoms with Gasteiger partial charge in [-0.1, -0.05) is 68.6 Å². The number of hydrogen-bond acceptors (Lipinski definition) is 5. The summed E-state index contributed by atoms with van der Waals surface area (Å²) in [6.45, 7) is 13.3. The highest BCUT2D eigenvalue weighted by Gasteiger charge is 2.19. The van der Waals surface area contributed by atoms with Crippen LogP contribution in [0.1, 0.15) is 30.5 Å². The molecule has 0 N–H and O–H groups in total. The standard InChI is InChI=1S/C37H33NO4/c1-6-27-14-22-33(32-21-13-28-10-8-9-25(5)35(28)36(27)32)38(29-15-11-26(12-16-29)23-41-34(39)7-2)30-17-19-31(20-18-30)42-37(40)24(3)4/h7-22H,2-3,6,23H2,1,4-5H3. The van der Waals surface area contributed by atoms with Crippen LogP contribution < -0.4 is 9.64 Å². The fourth-order valence-electron chi connectivity index (χ4n) is 5.19. The number of benzene rings is 5. The Labute approximate surface area is 246 Å². The topological polar surface area (TPSA) is 55.8 Å². The van der Waals surface area contributed by atoms with Gasteiger partial charge in [0.2, 0.25) is 0 Å². The molecule has 0 aromatic heterocycles. The number of hydrogen-bond donors (Lipinski definition) is 0. The van der Waals surface area contributed by atoms with Gasteiger partial charge in [-0.15, -0.1) is 0 Å². The summed E-state index contributed by atoms with van der Waals surface area (Å²) in [5.41, 5.74) is 6.56. The molecule has 0 heterocycles. The molecule has 0 spiro atoms. The van der Waals surface area contributed by atoms with Gasteiger partial charge in [0.05, 0.1) is 5.69 Å².